The number of aromatic nitrogens is 1. The lowest BCUT2D eigenvalue weighted by molar-refractivity contribution is 0.0704. The number of nitrogens with one attached hydrogen (secondary N) is 1. The molecule has 23 heavy (non-hydrogen) atoms. The Kier molecular flexibility index (Phi) is 4.78. The second kappa shape index (κ2) is 6.81. The number of carbonyl (C=O) groups is 1. The van der Waals surface area contributed by atoms with Crippen LogP contribution in [0.2, 0.25) is 0 Å². The van der Waals surface area contributed by atoms with Gasteiger partial charge in [-0.3, -0.25) is 4.79 Å². The minimum Gasteiger partial charge on any atom is -0.334 e. The highest BCUT2D eigenvalue weighted by Gasteiger charge is 2.23. The van der Waals surface area contributed by atoms with Gasteiger partial charge in [-0.15, -0.1) is 11.3 Å². The Morgan fingerprint density at radius 1 is 1.35 bits per heavy atom. The highest BCUT2D eigenvalue weighted by molar-refractivity contribution is 7.13. The summed E-state index contributed by atoms with van der Waals surface area (Å²) in [7, 11) is 0. The van der Waals surface area contributed by atoms with Gasteiger partial charge in [0.25, 0.3) is 5.91 Å². The molecule has 0 aliphatic carbocycles. The number of hydrogen-bond acceptors (Lipinski definition) is 4. The number of amides is 1. The van der Waals surface area contributed by atoms with Crippen molar-refractivity contribution in [2.45, 2.75) is 32.7 Å². The molecule has 1 fully saturated rings. The average molecular weight is 329 g/mol. The Hall–Kier alpha value is -1.72. The van der Waals surface area contributed by atoms with Crippen molar-refractivity contribution in [2.75, 3.05) is 19.6 Å². The minimum atomic E-state index is 0.0413. The summed E-state index contributed by atoms with van der Waals surface area (Å²) in [5, 5.41) is 6.14. The molecule has 4 nitrogen and oxygen atoms in total. The SMILES string of the molecule is CC1CN(C(=O)c2csc(-c3ccc(C(C)C)cc3)n2)CCN1. The van der Waals surface area contributed by atoms with Crippen LogP contribution in [0, 0.1) is 0 Å². The molecule has 0 spiro atoms. The van der Waals surface area contributed by atoms with Crippen LogP contribution in [0.15, 0.2) is 29.6 Å². The summed E-state index contributed by atoms with van der Waals surface area (Å²) >= 11 is 1.54. The average Bonchev–Trinajstić information content (AvgIpc) is 3.04. The standard InChI is InChI=1S/C18H23N3OS/c1-12(2)14-4-6-15(7-5-14)17-20-16(11-23-17)18(22)21-9-8-19-13(3)10-21/h4-7,11-13,19H,8-10H2,1-3H3. The van der Waals surface area contributed by atoms with E-state index in [1.807, 2.05) is 10.3 Å². The predicted molar refractivity (Wildman–Crippen MR) is 95.0 cm³/mol. The van der Waals surface area contributed by atoms with Crippen molar-refractivity contribution in [1.82, 2.24) is 15.2 Å². The molecule has 0 radical (unpaired) electrons. The highest BCUT2D eigenvalue weighted by atomic mass is 32.1. The van der Waals surface area contributed by atoms with Crippen LogP contribution in [0.5, 0.6) is 0 Å². The van der Waals surface area contributed by atoms with Crippen LogP contribution in [0.3, 0.4) is 0 Å². The Balaban J connectivity index is 1.76. The maximum Gasteiger partial charge on any atom is 0.273 e. The molecule has 1 aliphatic rings. The lowest BCUT2D eigenvalue weighted by atomic mass is 10.0. The smallest absolute Gasteiger partial charge is 0.273 e. The van der Waals surface area contributed by atoms with Gasteiger partial charge in [-0.1, -0.05) is 38.1 Å². The molecule has 3 rings (SSSR count). The molecular formula is C18H23N3OS. The van der Waals surface area contributed by atoms with Gasteiger partial charge in [-0.25, -0.2) is 4.98 Å². The lowest BCUT2D eigenvalue weighted by Crippen LogP contribution is -2.51. The van der Waals surface area contributed by atoms with Gasteiger partial charge in [0.05, 0.1) is 0 Å². The summed E-state index contributed by atoms with van der Waals surface area (Å²) in [6, 6.07) is 8.81. The van der Waals surface area contributed by atoms with E-state index < -0.39 is 0 Å². The lowest BCUT2D eigenvalue weighted by Gasteiger charge is -2.31. The molecule has 5 heteroatoms. The number of piperazine rings is 1. The molecule has 1 aromatic heterocycles. The van der Waals surface area contributed by atoms with Crippen LogP contribution >= 0.6 is 11.3 Å². The first kappa shape index (κ1) is 16.1. The van der Waals surface area contributed by atoms with E-state index in [9.17, 15) is 4.79 Å². The number of benzene rings is 1. The zero-order chi connectivity index (χ0) is 16.4. The Bertz CT molecular complexity index is 678. The van der Waals surface area contributed by atoms with E-state index in [0.717, 1.165) is 30.2 Å². The molecule has 1 saturated heterocycles. The number of thiazole rings is 1. The second-order valence-corrected chi connectivity index (χ2v) is 7.28. The molecule has 1 atom stereocenters. The summed E-state index contributed by atoms with van der Waals surface area (Å²) in [5.41, 5.74) is 2.95. The van der Waals surface area contributed by atoms with E-state index in [1.54, 1.807) is 0 Å². The normalized spacial score (nSPS) is 18.4. The topological polar surface area (TPSA) is 45.2 Å². The first-order valence-electron chi connectivity index (χ1n) is 8.13. The van der Waals surface area contributed by atoms with Crippen LogP contribution < -0.4 is 5.32 Å². The third-order valence-corrected chi connectivity index (χ3v) is 5.09. The molecule has 0 saturated carbocycles. The fourth-order valence-corrected chi connectivity index (χ4v) is 3.59. The zero-order valence-electron chi connectivity index (χ0n) is 13.9. The fraction of sp³-hybridized carbons (Fsp3) is 0.444. The summed E-state index contributed by atoms with van der Waals surface area (Å²) in [5.74, 6) is 0.562. The van der Waals surface area contributed by atoms with Crippen molar-refractivity contribution in [1.29, 1.82) is 0 Å². The molecule has 2 aromatic rings. The van der Waals surface area contributed by atoms with Gasteiger partial charge in [-0.2, -0.15) is 0 Å². The molecular weight excluding hydrogens is 306 g/mol. The Morgan fingerprint density at radius 3 is 2.74 bits per heavy atom. The monoisotopic (exact) mass is 329 g/mol. The number of nitrogens with zero attached hydrogens (tertiary/aromatic N) is 2. The van der Waals surface area contributed by atoms with E-state index >= 15 is 0 Å². The maximum absolute atomic E-state index is 12.6. The van der Waals surface area contributed by atoms with Crippen molar-refractivity contribution >= 4 is 17.2 Å². The molecule has 1 aliphatic heterocycles. The number of rotatable bonds is 3. The van der Waals surface area contributed by atoms with Crippen LogP contribution in [-0.2, 0) is 0 Å². The molecule has 1 aromatic carbocycles. The van der Waals surface area contributed by atoms with Gasteiger partial charge >= 0.3 is 0 Å². The first-order valence-corrected chi connectivity index (χ1v) is 9.01. The van der Waals surface area contributed by atoms with Crippen molar-refractivity contribution in [3.63, 3.8) is 0 Å². The minimum absolute atomic E-state index is 0.0413. The van der Waals surface area contributed by atoms with Crippen molar-refractivity contribution in [2.24, 2.45) is 0 Å². The van der Waals surface area contributed by atoms with Crippen molar-refractivity contribution in [3.05, 3.63) is 40.9 Å². The predicted octanol–water partition coefficient (Wildman–Crippen LogP) is 3.37. The van der Waals surface area contributed by atoms with E-state index in [2.05, 4.69) is 55.3 Å². The van der Waals surface area contributed by atoms with Crippen LogP contribution in [0.25, 0.3) is 10.6 Å². The third kappa shape index (κ3) is 3.62. The quantitative estimate of drug-likeness (QED) is 0.939. The van der Waals surface area contributed by atoms with Gasteiger partial charge in [0.1, 0.15) is 10.7 Å². The van der Waals surface area contributed by atoms with Gasteiger partial charge in [0.15, 0.2) is 0 Å². The van der Waals surface area contributed by atoms with Crippen molar-refractivity contribution in [3.8, 4) is 10.6 Å². The molecule has 1 N–H and O–H groups in total. The van der Waals surface area contributed by atoms with E-state index in [1.165, 1.54) is 16.9 Å². The Morgan fingerprint density at radius 2 is 2.09 bits per heavy atom. The molecule has 1 unspecified atom stereocenters. The van der Waals surface area contributed by atoms with E-state index in [-0.39, 0.29) is 5.91 Å². The summed E-state index contributed by atoms with van der Waals surface area (Å²) in [6.45, 7) is 8.81. The van der Waals surface area contributed by atoms with Gasteiger partial charge in [0, 0.05) is 36.6 Å². The third-order valence-electron chi connectivity index (χ3n) is 4.20. The van der Waals surface area contributed by atoms with E-state index in [0.29, 0.717) is 17.7 Å². The summed E-state index contributed by atoms with van der Waals surface area (Å²) < 4.78 is 0. The van der Waals surface area contributed by atoms with Crippen LogP contribution in [0.4, 0.5) is 0 Å². The molecule has 0 bridgehead atoms. The molecule has 1 amide bonds. The molecule has 2 heterocycles. The molecule has 122 valence electrons. The van der Waals surface area contributed by atoms with E-state index in [4.69, 9.17) is 0 Å². The zero-order valence-corrected chi connectivity index (χ0v) is 14.7. The van der Waals surface area contributed by atoms with Gasteiger partial charge in [-0.05, 0) is 18.4 Å². The maximum atomic E-state index is 12.6. The Labute approximate surface area is 141 Å². The highest BCUT2D eigenvalue weighted by Crippen LogP contribution is 2.26. The summed E-state index contributed by atoms with van der Waals surface area (Å²) in [6.07, 6.45) is 0. The second-order valence-electron chi connectivity index (χ2n) is 6.42. The number of carbonyl (C=O) groups excluding carboxylic acids is 1. The van der Waals surface area contributed by atoms with Crippen LogP contribution in [-0.4, -0.2) is 41.5 Å². The fourth-order valence-electron chi connectivity index (χ4n) is 2.79. The summed E-state index contributed by atoms with van der Waals surface area (Å²) in [4.78, 5) is 19.0. The number of hydrogen-bond donors (Lipinski definition) is 1. The van der Waals surface area contributed by atoms with Gasteiger partial charge < -0.3 is 10.2 Å². The van der Waals surface area contributed by atoms with Crippen molar-refractivity contribution < 1.29 is 4.79 Å². The first-order chi connectivity index (χ1) is 11.0. The van der Waals surface area contributed by atoms with Crippen LogP contribution in [0.1, 0.15) is 42.7 Å². The largest absolute Gasteiger partial charge is 0.334 e. The van der Waals surface area contributed by atoms with Gasteiger partial charge in [0.2, 0.25) is 0 Å².